The number of hydrogen-bond acceptors (Lipinski definition) is 4. The van der Waals surface area contributed by atoms with E-state index >= 15 is 0 Å². The molecule has 0 aliphatic carbocycles. The Kier molecular flexibility index (Phi) is 3.96. The van der Waals surface area contributed by atoms with Crippen LogP contribution >= 0.6 is 11.3 Å². The standard InChI is InChI=1S/C15H20N4OS/c1-12(13-4-3-11-21-13)14(20)18-7-9-19(10-8-18)15-16-5-6-17(15)2/h3-6,11-12H,7-10H2,1-2H3. The molecule has 3 rings (SSSR count). The van der Waals surface area contributed by atoms with E-state index in [0.29, 0.717) is 0 Å². The first-order valence-corrected chi connectivity index (χ1v) is 8.09. The van der Waals surface area contributed by atoms with Gasteiger partial charge in [-0.15, -0.1) is 11.3 Å². The van der Waals surface area contributed by atoms with Crippen LogP contribution in [0, 0.1) is 0 Å². The summed E-state index contributed by atoms with van der Waals surface area (Å²) in [7, 11) is 2.00. The van der Waals surface area contributed by atoms with E-state index in [-0.39, 0.29) is 11.8 Å². The van der Waals surface area contributed by atoms with Crippen molar-refractivity contribution in [3.05, 3.63) is 34.8 Å². The van der Waals surface area contributed by atoms with Crippen molar-refractivity contribution < 1.29 is 4.79 Å². The van der Waals surface area contributed by atoms with Gasteiger partial charge in [-0.1, -0.05) is 6.07 Å². The van der Waals surface area contributed by atoms with Gasteiger partial charge in [0.2, 0.25) is 11.9 Å². The number of anilines is 1. The van der Waals surface area contributed by atoms with Gasteiger partial charge in [-0.3, -0.25) is 4.79 Å². The van der Waals surface area contributed by atoms with E-state index in [0.717, 1.165) is 37.0 Å². The zero-order chi connectivity index (χ0) is 14.8. The van der Waals surface area contributed by atoms with Crippen molar-refractivity contribution in [1.82, 2.24) is 14.5 Å². The van der Waals surface area contributed by atoms with Crippen molar-refractivity contribution in [3.8, 4) is 0 Å². The second kappa shape index (κ2) is 5.89. The summed E-state index contributed by atoms with van der Waals surface area (Å²) < 4.78 is 2.02. The molecule has 0 saturated carbocycles. The first-order valence-electron chi connectivity index (χ1n) is 7.21. The molecule has 1 fully saturated rings. The van der Waals surface area contributed by atoms with Crippen molar-refractivity contribution in [2.75, 3.05) is 31.1 Å². The van der Waals surface area contributed by atoms with Crippen LogP contribution in [-0.4, -0.2) is 46.5 Å². The number of amides is 1. The molecule has 1 aliphatic heterocycles. The lowest BCUT2D eigenvalue weighted by Gasteiger charge is -2.36. The average Bonchev–Trinajstić information content (AvgIpc) is 3.17. The van der Waals surface area contributed by atoms with Crippen LogP contribution in [-0.2, 0) is 11.8 Å². The molecule has 0 aromatic carbocycles. The molecule has 5 nitrogen and oxygen atoms in total. The van der Waals surface area contributed by atoms with Gasteiger partial charge in [-0.05, 0) is 18.4 Å². The number of aromatic nitrogens is 2. The van der Waals surface area contributed by atoms with Gasteiger partial charge in [0.05, 0.1) is 5.92 Å². The number of thiophene rings is 1. The van der Waals surface area contributed by atoms with Gasteiger partial charge in [-0.2, -0.15) is 0 Å². The van der Waals surface area contributed by atoms with Gasteiger partial charge in [-0.25, -0.2) is 4.98 Å². The van der Waals surface area contributed by atoms with Gasteiger partial charge >= 0.3 is 0 Å². The summed E-state index contributed by atoms with van der Waals surface area (Å²) in [5, 5.41) is 2.03. The third-order valence-corrected chi connectivity index (χ3v) is 5.07. The number of aryl methyl sites for hydroxylation is 1. The Labute approximate surface area is 128 Å². The molecule has 1 saturated heterocycles. The molecule has 6 heteroatoms. The van der Waals surface area contributed by atoms with Crippen LogP contribution in [0.3, 0.4) is 0 Å². The van der Waals surface area contributed by atoms with E-state index in [1.165, 1.54) is 0 Å². The predicted molar refractivity (Wildman–Crippen MR) is 84.7 cm³/mol. The normalized spacial score (nSPS) is 17.0. The zero-order valence-corrected chi connectivity index (χ0v) is 13.2. The molecule has 1 unspecified atom stereocenters. The van der Waals surface area contributed by atoms with Crippen LogP contribution < -0.4 is 4.90 Å². The second-order valence-corrected chi connectivity index (χ2v) is 6.37. The van der Waals surface area contributed by atoms with Crippen LogP contribution in [0.15, 0.2) is 29.9 Å². The van der Waals surface area contributed by atoms with Gasteiger partial charge in [0, 0.05) is 50.5 Å². The first-order chi connectivity index (χ1) is 10.2. The predicted octanol–water partition coefficient (Wildman–Crippen LogP) is 1.93. The lowest BCUT2D eigenvalue weighted by Crippen LogP contribution is -2.50. The maximum Gasteiger partial charge on any atom is 0.230 e. The third kappa shape index (κ3) is 2.81. The van der Waals surface area contributed by atoms with Gasteiger partial charge in [0.25, 0.3) is 0 Å². The van der Waals surface area contributed by atoms with E-state index in [4.69, 9.17) is 0 Å². The Balaban J connectivity index is 1.61. The number of rotatable bonds is 3. The Bertz CT molecular complexity index is 599. The van der Waals surface area contributed by atoms with E-state index in [1.807, 2.05) is 53.3 Å². The highest BCUT2D eigenvalue weighted by Gasteiger charge is 2.27. The van der Waals surface area contributed by atoms with Crippen LogP contribution in [0.5, 0.6) is 0 Å². The molecule has 1 amide bonds. The summed E-state index contributed by atoms with van der Waals surface area (Å²) in [6.45, 7) is 5.21. The monoisotopic (exact) mass is 304 g/mol. The number of hydrogen-bond donors (Lipinski definition) is 0. The number of carbonyl (C=O) groups excluding carboxylic acids is 1. The summed E-state index contributed by atoms with van der Waals surface area (Å²) in [4.78, 5) is 22.3. The van der Waals surface area contributed by atoms with Crippen molar-refractivity contribution in [1.29, 1.82) is 0 Å². The minimum atomic E-state index is -0.0373. The molecule has 1 aliphatic rings. The van der Waals surface area contributed by atoms with E-state index in [2.05, 4.69) is 9.88 Å². The van der Waals surface area contributed by atoms with Gasteiger partial charge in [0.1, 0.15) is 0 Å². The smallest absolute Gasteiger partial charge is 0.230 e. The molecule has 2 aromatic heterocycles. The molecule has 0 spiro atoms. The summed E-state index contributed by atoms with van der Waals surface area (Å²) in [6, 6.07) is 4.04. The molecular weight excluding hydrogens is 284 g/mol. The van der Waals surface area contributed by atoms with Gasteiger partial charge < -0.3 is 14.4 Å². The summed E-state index contributed by atoms with van der Waals surface area (Å²) in [5.41, 5.74) is 0. The summed E-state index contributed by atoms with van der Waals surface area (Å²) >= 11 is 1.65. The van der Waals surface area contributed by atoms with Crippen LogP contribution in [0.1, 0.15) is 17.7 Å². The maximum atomic E-state index is 12.5. The number of carbonyl (C=O) groups is 1. The lowest BCUT2D eigenvalue weighted by atomic mass is 10.1. The molecule has 3 heterocycles. The Hall–Kier alpha value is -1.82. The fourth-order valence-corrected chi connectivity index (χ4v) is 3.50. The van der Waals surface area contributed by atoms with E-state index < -0.39 is 0 Å². The van der Waals surface area contributed by atoms with E-state index in [9.17, 15) is 4.79 Å². The highest BCUT2D eigenvalue weighted by molar-refractivity contribution is 7.10. The molecule has 0 radical (unpaired) electrons. The number of nitrogens with zero attached hydrogens (tertiary/aromatic N) is 4. The number of imidazole rings is 1. The SMILES string of the molecule is CC(C(=O)N1CCN(c2nccn2C)CC1)c1cccs1. The Morgan fingerprint density at radius 1 is 1.33 bits per heavy atom. The van der Waals surface area contributed by atoms with Crippen LogP contribution in [0.4, 0.5) is 5.95 Å². The summed E-state index contributed by atoms with van der Waals surface area (Å²) in [6.07, 6.45) is 3.76. The topological polar surface area (TPSA) is 41.4 Å². The molecule has 112 valence electrons. The van der Waals surface area contributed by atoms with Crippen molar-refractivity contribution in [3.63, 3.8) is 0 Å². The average molecular weight is 304 g/mol. The molecular formula is C15H20N4OS. The minimum Gasteiger partial charge on any atom is -0.339 e. The van der Waals surface area contributed by atoms with Crippen molar-refractivity contribution >= 4 is 23.2 Å². The quantitative estimate of drug-likeness (QED) is 0.870. The fraction of sp³-hybridized carbons (Fsp3) is 0.467. The highest BCUT2D eigenvalue weighted by Crippen LogP contribution is 2.23. The molecule has 1 atom stereocenters. The fourth-order valence-electron chi connectivity index (χ4n) is 2.72. The molecule has 2 aromatic rings. The first kappa shape index (κ1) is 14.1. The largest absolute Gasteiger partial charge is 0.339 e. The van der Waals surface area contributed by atoms with Crippen LogP contribution in [0.25, 0.3) is 0 Å². The van der Waals surface area contributed by atoms with Gasteiger partial charge in [0.15, 0.2) is 0 Å². The van der Waals surface area contributed by atoms with Crippen molar-refractivity contribution in [2.45, 2.75) is 12.8 Å². The lowest BCUT2D eigenvalue weighted by molar-refractivity contribution is -0.132. The highest BCUT2D eigenvalue weighted by atomic mass is 32.1. The van der Waals surface area contributed by atoms with E-state index in [1.54, 1.807) is 11.3 Å². The maximum absolute atomic E-state index is 12.5. The Morgan fingerprint density at radius 3 is 2.67 bits per heavy atom. The molecule has 21 heavy (non-hydrogen) atoms. The summed E-state index contributed by atoms with van der Waals surface area (Å²) in [5.74, 6) is 1.18. The Morgan fingerprint density at radius 2 is 2.10 bits per heavy atom. The molecule has 0 bridgehead atoms. The third-order valence-electron chi connectivity index (χ3n) is 4.01. The number of piperazine rings is 1. The zero-order valence-electron chi connectivity index (χ0n) is 12.4. The minimum absolute atomic E-state index is 0.0373. The second-order valence-electron chi connectivity index (χ2n) is 5.39. The van der Waals surface area contributed by atoms with Crippen molar-refractivity contribution in [2.24, 2.45) is 7.05 Å². The van der Waals surface area contributed by atoms with Crippen LogP contribution in [0.2, 0.25) is 0 Å². The molecule has 0 N–H and O–H groups in total.